The fourth-order valence-electron chi connectivity index (χ4n) is 2.02. The molecule has 0 fully saturated rings. The predicted molar refractivity (Wildman–Crippen MR) is 86.9 cm³/mol. The van der Waals surface area contributed by atoms with Gasteiger partial charge in [-0.05, 0) is 36.8 Å². The molecule has 0 amide bonds. The summed E-state index contributed by atoms with van der Waals surface area (Å²) in [5.74, 6) is 0.654. The first-order valence-corrected chi connectivity index (χ1v) is 6.83. The van der Waals surface area contributed by atoms with E-state index in [0.717, 1.165) is 22.5 Å². The van der Waals surface area contributed by atoms with Crippen molar-refractivity contribution < 1.29 is 0 Å². The summed E-state index contributed by atoms with van der Waals surface area (Å²) < 4.78 is 0. The van der Waals surface area contributed by atoms with Crippen molar-refractivity contribution in [3.63, 3.8) is 0 Å². The largest absolute Gasteiger partial charge is 0.338 e. The molecule has 104 valence electrons. The first-order chi connectivity index (χ1) is 10.2. The number of benzene rings is 1. The minimum atomic E-state index is 0.654. The van der Waals surface area contributed by atoms with Crippen molar-refractivity contribution in [2.45, 2.75) is 6.92 Å². The van der Waals surface area contributed by atoms with Crippen molar-refractivity contribution in [2.75, 3.05) is 5.32 Å². The molecule has 3 rings (SSSR count). The molecule has 0 aliphatic carbocycles. The molecule has 0 atom stereocenters. The smallest absolute Gasteiger partial charge is 0.158 e. The third-order valence-corrected chi connectivity index (χ3v) is 3.62. The molecule has 0 radical (unpaired) electrons. The van der Waals surface area contributed by atoms with Gasteiger partial charge in [-0.15, -0.1) is 0 Å². The van der Waals surface area contributed by atoms with Crippen LogP contribution in [0.3, 0.4) is 0 Å². The molecule has 3 aromatic rings. The van der Waals surface area contributed by atoms with Crippen molar-refractivity contribution in [1.29, 1.82) is 0 Å². The summed E-state index contributed by atoms with van der Waals surface area (Å²) in [6.07, 6.45) is 5.04. The molecule has 2 heterocycles. The number of nitrogens with one attached hydrogen (secondary N) is 1. The average Bonchev–Trinajstić information content (AvgIpc) is 2.51. The van der Waals surface area contributed by atoms with Crippen molar-refractivity contribution in [2.24, 2.45) is 0 Å². The monoisotopic (exact) mass is 296 g/mol. The van der Waals surface area contributed by atoms with Crippen LogP contribution in [0, 0.1) is 6.92 Å². The van der Waals surface area contributed by atoms with Crippen LogP contribution in [0.5, 0.6) is 0 Å². The Hall–Kier alpha value is -2.46. The molecule has 1 N–H and O–H groups in total. The van der Waals surface area contributed by atoms with Crippen LogP contribution in [-0.2, 0) is 0 Å². The van der Waals surface area contributed by atoms with Gasteiger partial charge < -0.3 is 5.32 Å². The summed E-state index contributed by atoms with van der Waals surface area (Å²) in [7, 11) is 0. The van der Waals surface area contributed by atoms with Crippen molar-refractivity contribution >= 4 is 40.2 Å². The maximum Gasteiger partial charge on any atom is 0.158 e. The standard InChI is InChI=1S/C16H13ClN4/c1-3-11-9-19-15-14(20-11)7-8-18-16(15)21-13-6-4-5-12(17)10(13)2/h3-9H,1H2,2H3,(H,18,21). The van der Waals surface area contributed by atoms with Crippen LogP contribution in [0.1, 0.15) is 11.3 Å². The molecule has 0 saturated heterocycles. The number of pyridine rings is 1. The van der Waals surface area contributed by atoms with Crippen LogP contribution in [0.15, 0.2) is 43.2 Å². The van der Waals surface area contributed by atoms with Gasteiger partial charge in [0.15, 0.2) is 5.82 Å². The third kappa shape index (κ3) is 2.58. The molecule has 21 heavy (non-hydrogen) atoms. The minimum absolute atomic E-state index is 0.654. The van der Waals surface area contributed by atoms with E-state index in [1.165, 1.54) is 0 Å². The fourth-order valence-corrected chi connectivity index (χ4v) is 2.19. The molecule has 2 aromatic heterocycles. The molecule has 0 bridgehead atoms. The fraction of sp³-hybridized carbons (Fsp3) is 0.0625. The quantitative estimate of drug-likeness (QED) is 0.779. The Balaban J connectivity index is 2.08. The molecule has 0 unspecified atom stereocenters. The zero-order chi connectivity index (χ0) is 14.8. The van der Waals surface area contributed by atoms with Crippen LogP contribution < -0.4 is 5.32 Å². The van der Waals surface area contributed by atoms with E-state index in [1.54, 1.807) is 18.5 Å². The number of nitrogens with zero attached hydrogens (tertiary/aromatic N) is 3. The summed E-state index contributed by atoms with van der Waals surface area (Å²) in [6.45, 7) is 5.66. The number of anilines is 2. The Morgan fingerprint density at radius 3 is 2.90 bits per heavy atom. The maximum atomic E-state index is 6.14. The lowest BCUT2D eigenvalue weighted by molar-refractivity contribution is 1.22. The summed E-state index contributed by atoms with van der Waals surface area (Å²) in [6, 6.07) is 7.53. The van der Waals surface area contributed by atoms with Crippen molar-refractivity contribution in [1.82, 2.24) is 15.0 Å². The first-order valence-electron chi connectivity index (χ1n) is 6.45. The highest BCUT2D eigenvalue weighted by molar-refractivity contribution is 6.31. The zero-order valence-corrected chi connectivity index (χ0v) is 12.2. The van der Waals surface area contributed by atoms with E-state index in [1.807, 2.05) is 31.2 Å². The number of hydrogen-bond acceptors (Lipinski definition) is 4. The lowest BCUT2D eigenvalue weighted by Gasteiger charge is -2.11. The normalized spacial score (nSPS) is 10.6. The summed E-state index contributed by atoms with van der Waals surface area (Å²) in [5, 5.41) is 3.98. The average molecular weight is 297 g/mol. The van der Waals surface area contributed by atoms with E-state index in [4.69, 9.17) is 11.6 Å². The Bertz CT molecular complexity index is 830. The molecular formula is C16H13ClN4. The molecule has 5 heteroatoms. The van der Waals surface area contributed by atoms with Gasteiger partial charge in [-0.2, -0.15) is 0 Å². The number of hydrogen-bond donors (Lipinski definition) is 1. The summed E-state index contributed by atoms with van der Waals surface area (Å²) >= 11 is 6.14. The van der Waals surface area contributed by atoms with Gasteiger partial charge in [0, 0.05) is 16.9 Å². The van der Waals surface area contributed by atoms with E-state index < -0.39 is 0 Å². The third-order valence-electron chi connectivity index (χ3n) is 3.21. The molecule has 0 aliphatic rings. The molecule has 0 aliphatic heterocycles. The van der Waals surface area contributed by atoms with Gasteiger partial charge in [0.2, 0.25) is 0 Å². The highest BCUT2D eigenvalue weighted by atomic mass is 35.5. The predicted octanol–water partition coefficient (Wildman–Crippen LogP) is 4.37. The Morgan fingerprint density at radius 1 is 1.24 bits per heavy atom. The molecule has 1 aromatic carbocycles. The second kappa shape index (κ2) is 5.50. The second-order valence-corrected chi connectivity index (χ2v) is 4.97. The SMILES string of the molecule is C=Cc1cnc2c(Nc3cccc(Cl)c3C)nccc2n1. The van der Waals surface area contributed by atoms with Gasteiger partial charge in [0.05, 0.1) is 17.4 Å². The van der Waals surface area contributed by atoms with Crippen LogP contribution in [-0.4, -0.2) is 15.0 Å². The lowest BCUT2D eigenvalue weighted by Crippen LogP contribution is -1.99. The number of fused-ring (bicyclic) bond motifs is 1. The van der Waals surface area contributed by atoms with Crippen LogP contribution in [0.4, 0.5) is 11.5 Å². The Morgan fingerprint density at radius 2 is 2.10 bits per heavy atom. The minimum Gasteiger partial charge on any atom is -0.338 e. The molecule has 0 saturated carbocycles. The van der Waals surface area contributed by atoms with E-state index in [-0.39, 0.29) is 0 Å². The molecule has 4 nitrogen and oxygen atoms in total. The summed E-state index contributed by atoms with van der Waals surface area (Å²) in [5.41, 5.74) is 4.08. The summed E-state index contributed by atoms with van der Waals surface area (Å²) in [4.78, 5) is 13.2. The number of rotatable bonds is 3. The molecular weight excluding hydrogens is 284 g/mol. The lowest BCUT2D eigenvalue weighted by atomic mass is 10.2. The topological polar surface area (TPSA) is 50.7 Å². The number of aromatic nitrogens is 3. The van der Waals surface area contributed by atoms with E-state index >= 15 is 0 Å². The van der Waals surface area contributed by atoms with Gasteiger partial charge >= 0.3 is 0 Å². The zero-order valence-electron chi connectivity index (χ0n) is 11.5. The van der Waals surface area contributed by atoms with Crippen LogP contribution in [0.25, 0.3) is 17.1 Å². The van der Waals surface area contributed by atoms with Crippen molar-refractivity contribution in [3.8, 4) is 0 Å². The van der Waals surface area contributed by atoms with E-state index in [0.29, 0.717) is 16.4 Å². The van der Waals surface area contributed by atoms with Crippen LogP contribution >= 0.6 is 11.6 Å². The second-order valence-electron chi connectivity index (χ2n) is 4.56. The Kier molecular flexibility index (Phi) is 3.54. The first kappa shape index (κ1) is 13.5. The Labute approximate surface area is 127 Å². The maximum absolute atomic E-state index is 6.14. The van der Waals surface area contributed by atoms with Gasteiger partial charge in [-0.25, -0.2) is 15.0 Å². The van der Waals surface area contributed by atoms with Gasteiger partial charge in [0.1, 0.15) is 5.52 Å². The number of halogens is 1. The van der Waals surface area contributed by atoms with Gasteiger partial charge in [0.25, 0.3) is 0 Å². The van der Waals surface area contributed by atoms with Gasteiger partial charge in [-0.3, -0.25) is 0 Å². The molecule has 0 spiro atoms. The van der Waals surface area contributed by atoms with Crippen molar-refractivity contribution in [3.05, 3.63) is 59.5 Å². The highest BCUT2D eigenvalue weighted by Gasteiger charge is 2.08. The van der Waals surface area contributed by atoms with Gasteiger partial charge in [-0.1, -0.05) is 24.2 Å². The van der Waals surface area contributed by atoms with E-state index in [2.05, 4.69) is 26.8 Å². The van der Waals surface area contributed by atoms with E-state index in [9.17, 15) is 0 Å². The highest BCUT2D eigenvalue weighted by Crippen LogP contribution is 2.27. The van der Waals surface area contributed by atoms with Crippen LogP contribution in [0.2, 0.25) is 5.02 Å².